The van der Waals surface area contributed by atoms with Gasteiger partial charge < -0.3 is 4.42 Å². The van der Waals surface area contributed by atoms with Gasteiger partial charge in [-0.05, 0) is 24.3 Å². The summed E-state index contributed by atoms with van der Waals surface area (Å²) in [5.41, 5.74) is 0.516. The highest BCUT2D eigenvalue weighted by atomic mass is 32.1. The van der Waals surface area contributed by atoms with E-state index in [0.717, 1.165) is 15.2 Å². The van der Waals surface area contributed by atoms with E-state index < -0.39 is 11.4 Å². The molecule has 0 saturated heterocycles. The second-order valence-corrected chi connectivity index (χ2v) is 5.81. The second kappa shape index (κ2) is 4.88. The standard InChI is InChI=1S/C15H9N3O3S/c19-14-9-4-3-7-16-13(9)18(15(20)21-14)8-12-17-10-5-1-2-6-11(10)22-12/h1-7H,8H2. The Kier molecular flexibility index (Phi) is 2.87. The lowest BCUT2D eigenvalue weighted by Crippen LogP contribution is -2.26. The summed E-state index contributed by atoms with van der Waals surface area (Å²) in [5.74, 6) is -0.726. The molecule has 0 unspecified atom stereocenters. The fourth-order valence-corrected chi connectivity index (χ4v) is 3.27. The van der Waals surface area contributed by atoms with Gasteiger partial charge in [0.1, 0.15) is 10.4 Å². The molecule has 0 N–H and O–H groups in total. The van der Waals surface area contributed by atoms with Gasteiger partial charge in [0.25, 0.3) is 0 Å². The van der Waals surface area contributed by atoms with Crippen molar-refractivity contribution in [3.63, 3.8) is 0 Å². The number of para-hydroxylation sites is 1. The van der Waals surface area contributed by atoms with Gasteiger partial charge in [-0.15, -0.1) is 11.3 Å². The molecule has 22 heavy (non-hydrogen) atoms. The van der Waals surface area contributed by atoms with E-state index in [0.29, 0.717) is 5.65 Å². The van der Waals surface area contributed by atoms with E-state index in [2.05, 4.69) is 9.97 Å². The Bertz CT molecular complexity index is 1080. The van der Waals surface area contributed by atoms with Gasteiger partial charge in [-0.1, -0.05) is 12.1 Å². The van der Waals surface area contributed by atoms with Gasteiger partial charge in [0.15, 0.2) is 5.65 Å². The SMILES string of the molecule is O=c1oc(=O)n(Cc2nc3ccccc3s2)c2ncccc12. The molecule has 0 aliphatic heterocycles. The number of hydrogen-bond acceptors (Lipinski definition) is 6. The van der Waals surface area contributed by atoms with Crippen molar-refractivity contribution in [1.29, 1.82) is 0 Å². The first-order chi connectivity index (χ1) is 10.7. The monoisotopic (exact) mass is 311 g/mol. The van der Waals surface area contributed by atoms with Crippen LogP contribution in [0.25, 0.3) is 21.3 Å². The maximum absolute atomic E-state index is 12.0. The first-order valence-corrected chi connectivity index (χ1v) is 7.37. The number of hydrogen-bond donors (Lipinski definition) is 0. The Morgan fingerprint density at radius 1 is 1.14 bits per heavy atom. The smallest absolute Gasteiger partial charge is 0.372 e. The fraction of sp³-hybridized carbons (Fsp3) is 0.0667. The molecule has 0 atom stereocenters. The predicted octanol–water partition coefficient (Wildman–Crippen LogP) is 2.01. The summed E-state index contributed by atoms with van der Waals surface area (Å²) in [6.45, 7) is 0.218. The number of benzene rings is 1. The second-order valence-electron chi connectivity index (χ2n) is 4.69. The van der Waals surface area contributed by atoms with Crippen molar-refractivity contribution in [2.75, 3.05) is 0 Å². The van der Waals surface area contributed by atoms with Crippen molar-refractivity contribution in [2.24, 2.45) is 0 Å². The molecule has 0 bridgehead atoms. The van der Waals surface area contributed by atoms with Crippen molar-refractivity contribution in [3.05, 3.63) is 68.6 Å². The van der Waals surface area contributed by atoms with E-state index in [1.54, 1.807) is 12.1 Å². The quantitative estimate of drug-likeness (QED) is 0.566. The minimum atomic E-state index is -0.726. The number of nitrogens with zero attached hydrogens (tertiary/aromatic N) is 3. The van der Waals surface area contributed by atoms with Crippen molar-refractivity contribution in [2.45, 2.75) is 6.54 Å². The highest BCUT2D eigenvalue weighted by Crippen LogP contribution is 2.22. The maximum Gasteiger partial charge on any atom is 0.423 e. The van der Waals surface area contributed by atoms with Crippen LogP contribution in [0.2, 0.25) is 0 Å². The Labute approximate surface area is 127 Å². The van der Waals surface area contributed by atoms with Gasteiger partial charge >= 0.3 is 11.4 Å². The van der Waals surface area contributed by atoms with E-state index in [1.165, 1.54) is 22.1 Å². The topological polar surface area (TPSA) is 78.0 Å². The molecule has 0 saturated carbocycles. The lowest BCUT2D eigenvalue weighted by atomic mass is 10.3. The van der Waals surface area contributed by atoms with Crippen molar-refractivity contribution in [1.82, 2.24) is 14.5 Å². The van der Waals surface area contributed by atoms with Crippen molar-refractivity contribution in [3.8, 4) is 0 Å². The van der Waals surface area contributed by atoms with E-state index in [4.69, 9.17) is 4.42 Å². The minimum Gasteiger partial charge on any atom is -0.372 e. The molecule has 4 rings (SSSR count). The molecule has 3 heterocycles. The van der Waals surface area contributed by atoms with Crippen LogP contribution in [-0.2, 0) is 6.54 Å². The number of fused-ring (bicyclic) bond motifs is 2. The van der Waals surface area contributed by atoms with Crippen LogP contribution in [0, 0.1) is 0 Å². The molecular formula is C15H9N3O3S. The van der Waals surface area contributed by atoms with Gasteiger partial charge in [-0.2, -0.15) is 0 Å². The molecule has 0 aliphatic carbocycles. The summed E-state index contributed by atoms with van der Waals surface area (Å²) in [6, 6.07) is 11.0. The summed E-state index contributed by atoms with van der Waals surface area (Å²) in [7, 11) is 0. The van der Waals surface area contributed by atoms with E-state index >= 15 is 0 Å². The first-order valence-electron chi connectivity index (χ1n) is 6.55. The summed E-state index contributed by atoms with van der Waals surface area (Å²) >= 11 is 1.50. The molecule has 0 amide bonds. The molecule has 1 aromatic carbocycles. The summed E-state index contributed by atoms with van der Waals surface area (Å²) < 4.78 is 7.13. The molecule has 0 radical (unpaired) electrons. The average molecular weight is 311 g/mol. The van der Waals surface area contributed by atoms with Gasteiger partial charge in [0.2, 0.25) is 0 Å². The molecule has 7 heteroatoms. The van der Waals surface area contributed by atoms with Gasteiger partial charge in [0.05, 0.1) is 16.8 Å². The lowest BCUT2D eigenvalue weighted by Gasteiger charge is -2.04. The Balaban J connectivity index is 1.91. The predicted molar refractivity (Wildman–Crippen MR) is 83.3 cm³/mol. The maximum atomic E-state index is 12.0. The molecule has 0 aliphatic rings. The van der Waals surface area contributed by atoms with Crippen LogP contribution in [0.5, 0.6) is 0 Å². The zero-order valence-corrected chi connectivity index (χ0v) is 12.0. The van der Waals surface area contributed by atoms with Crippen LogP contribution in [0.1, 0.15) is 5.01 Å². The van der Waals surface area contributed by atoms with Crippen LogP contribution in [-0.4, -0.2) is 14.5 Å². The van der Waals surface area contributed by atoms with Crippen molar-refractivity contribution >= 4 is 32.6 Å². The Morgan fingerprint density at radius 2 is 2.00 bits per heavy atom. The molecule has 6 nitrogen and oxygen atoms in total. The third-order valence-corrected chi connectivity index (χ3v) is 4.32. The van der Waals surface area contributed by atoms with E-state index in [9.17, 15) is 9.59 Å². The van der Waals surface area contributed by atoms with Crippen LogP contribution in [0.15, 0.2) is 56.6 Å². The molecule has 0 spiro atoms. The molecule has 108 valence electrons. The Morgan fingerprint density at radius 3 is 2.86 bits per heavy atom. The molecule has 4 aromatic rings. The van der Waals surface area contributed by atoms with Crippen molar-refractivity contribution < 1.29 is 4.42 Å². The van der Waals surface area contributed by atoms with Crippen LogP contribution in [0.3, 0.4) is 0 Å². The lowest BCUT2D eigenvalue weighted by molar-refractivity contribution is 0.423. The largest absolute Gasteiger partial charge is 0.423 e. The number of pyridine rings is 1. The van der Waals surface area contributed by atoms with Crippen LogP contribution in [0.4, 0.5) is 0 Å². The molecule has 3 aromatic heterocycles. The van der Waals surface area contributed by atoms with Crippen LogP contribution >= 0.6 is 11.3 Å². The highest BCUT2D eigenvalue weighted by Gasteiger charge is 2.12. The highest BCUT2D eigenvalue weighted by molar-refractivity contribution is 7.18. The number of thiazole rings is 1. The normalized spacial score (nSPS) is 11.3. The van der Waals surface area contributed by atoms with Gasteiger partial charge in [-0.3, -0.25) is 4.57 Å². The number of rotatable bonds is 2. The van der Waals surface area contributed by atoms with Gasteiger partial charge in [0, 0.05) is 6.20 Å². The van der Waals surface area contributed by atoms with Crippen LogP contribution < -0.4 is 11.4 Å². The average Bonchev–Trinajstić information content (AvgIpc) is 2.94. The summed E-state index contributed by atoms with van der Waals surface area (Å²) in [5, 5.41) is 1.03. The third kappa shape index (κ3) is 2.03. The minimum absolute atomic E-state index is 0.218. The summed E-state index contributed by atoms with van der Waals surface area (Å²) in [4.78, 5) is 32.3. The number of aromatic nitrogens is 3. The fourth-order valence-electron chi connectivity index (χ4n) is 2.31. The first kappa shape index (κ1) is 12.9. The Hall–Kier alpha value is -2.80. The third-order valence-electron chi connectivity index (χ3n) is 3.29. The van der Waals surface area contributed by atoms with E-state index in [-0.39, 0.29) is 11.9 Å². The van der Waals surface area contributed by atoms with Gasteiger partial charge in [-0.25, -0.2) is 19.6 Å². The summed E-state index contributed by atoms with van der Waals surface area (Å²) in [6.07, 6.45) is 1.54. The molecule has 0 fully saturated rings. The zero-order valence-electron chi connectivity index (χ0n) is 11.2. The zero-order chi connectivity index (χ0) is 15.1. The van der Waals surface area contributed by atoms with E-state index in [1.807, 2.05) is 24.3 Å². The molecular weight excluding hydrogens is 302 g/mol.